The Morgan fingerprint density at radius 2 is 1.97 bits per heavy atom. The zero-order valence-electron chi connectivity index (χ0n) is 18.0. The third-order valence-corrected chi connectivity index (χ3v) is 5.46. The monoisotopic (exact) mass is 398 g/mol. The van der Waals surface area contributed by atoms with Crippen molar-refractivity contribution in [1.29, 1.82) is 0 Å². The predicted octanol–water partition coefficient (Wildman–Crippen LogP) is 4.32. The van der Waals surface area contributed by atoms with Crippen LogP contribution in [0.25, 0.3) is 11.1 Å². The first-order chi connectivity index (χ1) is 13.6. The van der Waals surface area contributed by atoms with Crippen molar-refractivity contribution >= 4 is 6.09 Å². The minimum atomic E-state index is -0.324. The van der Waals surface area contributed by atoms with Crippen LogP contribution in [0.15, 0.2) is 35.3 Å². The van der Waals surface area contributed by atoms with E-state index >= 15 is 0 Å². The Balaban J connectivity index is 2.18. The van der Waals surface area contributed by atoms with Gasteiger partial charge in [-0.3, -0.25) is 9.69 Å². The van der Waals surface area contributed by atoms with Gasteiger partial charge in [0.25, 0.3) is 5.56 Å². The van der Waals surface area contributed by atoms with Crippen molar-refractivity contribution in [3.05, 3.63) is 51.9 Å². The number of H-pyrrole nitrogens is 1. The van der Waals surface area contributed by atoms with Gasteiger partial charge in [0.1, 0.15) is 12.4 Å². The summed E-state index contributed by atoms with van der Waals surface area (Å²) in [7, 11) is 1.64. The highest BCUT2D eigenvalue weighted by molar-refractivity contribution is 5.73. The lowest BCUT2D eigenvalue weighted by atomic mass is 9.83. The van der Waals surface area contributed by atoms with Crippen molar-refractivity contribution in [2.24, 2.45) is 5.92 Å². The van der Waals surface area contributed by atoms with Crippen LogP contribution in [0.5, 0.6) is 5.75 Å². The number of pyridine rings is 1. The summed E-state index contributed by atoms with van der Waals surface area (Å²) in [6.45, 7) is 11.2. The van der Waals surface area contributed by atoms with Crippen molar-refractivity contribution in [2.45, 2.75) is 52.6 Å². The van der Waals surface area contributed by atoms with Crippen LogP contribution in [-0.2, 0) is 16.7 Å². The first-order valence-electron chi connectivity index (χ1n) is 9.96. The summed E-state index contributed by atoms with van der Waals surface area (Å²) in [6.07, 6.45) is 1.29. The molecule has 3 rings (SSSR count). The molecule has 1 fully saturated rings. The predicted molar refractivity (Wildman–Crippen MR) is 113 cm³/mol. The zero-order valence-corrected chi connectivity index (χ0v) is 18.0. The molecule has 1 aromatic heterocycles. The van der Waals surface area contributed by atoms with E-state index in [0.717, 1.165) is 22.4 Å². The van der Waals surface area contributed by atoms with Gasteiger partial charge in [-0.15, -0.1) is 0 Å². The Morgan fingerprint density at radius 1 is 1.24 bits per heavy atom. The molecule has 156 valence electrons. The Hall–Kier alpha value is -2.76. The maximum atomic E-state index is 12.6. The average molecular weight is 399 g/mol. The molecule has 1 amide bonds. The number of hydrogen-bond donors (Lipinski definition) is 1. The van der Waals surface area contributed by atoms with E-state index in [4.69, 9.17) is 9.47 Å². The standard InChI is InChI=1S/C23H30N2O4/c1-14(2)19-13-29-22(27)25(19)12-15-10-20(28-6)18(23(3,4)5)11-17(15)16-8-7-9-24-21(16)26/h7-11,14,19H,12-13H2,1-6H3,(H,24,26)/t19-/m0/s1. The summed E-state index contributed by atoms with van der Waals surface area (Å²) >= 11 is 0. The highest BCUT2D eigenvalue weighted by atomic mass is 16.6. The number of methoxy groups -OCH3 is 1. The molecule has 1 aromatic carbocycles. The molecule has 1 aliphatic heterocycles. The molecule has 0 saturated carbocycles. The average Bonchev–Trinajstić information content (AvgIpc) is 3.02. The molecule has 1 saturated heterocycles. The molecule has 0 spiro atoms. The van der Waals surface area contributed by atoms with Crippen LogP contribution in [-0.4, -0.2) is 35.7 Å². The maximum Gasteiger partial charge on any atom is 0.410 e. The number of carbonyl (C=O) groups excluding carboxylic acids is 1. The van der Waals surface area contributed by atoms with Crippen molar-refractivity contribution in [3.8, 4) is 16.9 Å². The van der Waals surface area contributed by atoms with Crippen LogP contribution in [0.1, 0.15) is 45.7 Å². The van der Waals surface area contributed by atoms with Gasteiger partial charge in [-0.1, -0.05) is 34.6 Å². The number of hydrogen-bond acceptors (Lipinski definition) is 4. The normalized spacial score (nSPS) is 17.0. The number of cyclic esters (lactones) is 1. The number of rotatable bonds is 5. The molecule has 1 atom stereocenters. The van der Waals surface area contributed by atoms with Gasteiger partial charge in [-0.25, -0.2) is 4.79 Å². The molecule has 0 aliphatic carbocycles. The van der Waals surface area contributed by atoms with E-state index in [1.165, 1.54) is 0 Å². The minimum Gasteiger partial charge on any atom is -0.496 e. The van der Waals surface area contributed by atoms with Gasteiger partial charge in [-0.05, 0) is 46.7 Å². The molecule has 0 radical (unpaired) electrons. The number of ether oxygens (including phenoxy) is 2. The Kier molecular flexibility index (Phi) is 5.73. The fraction of sp³-hybridized carbons (Fsp3) is 0.478. The lowest BCUT2D eigenvalue weighted by Crippen LogP contribution is -2.36. The minimum absolute atomic E-state index is 0.00213. The van der Waals surface area contributed by atoms with E-state index in [2.05, 4.69) is 39.6 Å². The number of benzene rings is 1. The third kappa shape index (κ3) is 4.16. The number of amides is 1. The highest BCUT2D eigenvalue weighted by Crippen LogP contribution is 2.38. The van der Waals surface area contributed by atoms with Gasteiger partial charge in [-0.2, -0.15) is 0 Å². The molecule has 1 aliphatic rings. The van der Waals surface area contributed by atoms with Crippen molar-refractivity contribution in [2.75, 3.05) is 13.7 Å². The Bertz CT molecular complexity index is 956. The van der Waals surface area contributed by atoms with Gasteiger partial charge in [0.05, 0.1) is 19.7 Å². The summed E-state index contributed by atoms with van der Waals surface area (Å²) in [6, 6.07) is 7.58. The summed E-state index contributed by atoms with van der Waals surface area (Å²) in [4.78, 5) is 29.5. The summed E-state index contributed by atoms with van der Waals surface area (Å²) in [5, 5.41) is 0. The largest absolute Gasteiger partial charge is 0.496 e. The van der Waals surface area contributed by atoms with Gasteiger partial charge in [0.2, 0.25) is 0 Å². The van der Waals surface area contributed by atoms with Crippen LogP contribution in [0, 0.1) is 5.92 Å². The summed E-state index contributed by atoms with van der Waals surface area (Å²) in [5.74, 6) is 1.01. The van der Waals surface area contributed by atoms with Gasteiger partial charge >= 0.3 is 6.09 Å². The number of nitrogens with zero attached hydrogens (tertiary/aromatic N) is 1. The van der Waals surface area contributed by atoms with Crippen LogP contribution >= 0.6 is 0 Å². The van der Waals surface area contributed by atoms with E-state index in [9.17, 15) is 9.59 Å². The smallest absolute Gasteiger partial charge is 0.410 e. The molecule has 0 bridgehead atoms. The van der Waals surface area contributed by atoms with Crippen LogP contribution < -0.4 is 10.3 Å². The zero-order chi connectivity index (χ0) is 21.3. The lowest BCUT2D eigenvalue weighted by Gasteiger charge is -2.28. The number of carbonyl (C=O) groups is 1. The van der Waals surface area contributed by atoms with E-state index in [1.807, 2.05) is 18.2 Å². The molecule has 29 heavy (non-hydrogen) atoms. The second-order valence-electron chi connectivity index (χ2n) is 8.89. The molecule has 2 heterocycles. The van der Waals surface area contributed by atoms with Crippen LogP contribution in [0.3, 0.4) is 0 Å². The third-order valence-electron chi connectivity index (χ3n) is 5.46. The second-order valence-corrected chi connectivity index (χ2v) is 8.89. The van der Waals surface area contributed by atoms with Crippen molar-refractivity contribution in [1.82, 2.24) is 9.88 Å². The topological polar surface area (TPSA) is 71.6 Å². The van der Waals surface area contributed by atoms with E-state index in [1.54, 1.807) is 24.3 Å². The van der Waals surface area contributed by atoms with E-state index in [-0.39, 0.29) is 29.0 Å². The van der Waals surface area contributed by atoms with Crippen LogP contribution in [0.2, 0.25) is 0 Å². The fourth-order valence-corrected chi connectivity index (χ4v) is 3.77. The molecule has 0 unspecified atom stereocenters. The molecule has 1 N–H and O–H groups in total. The first kappa shape index (κ1) is 21.0. The molecule has 2 aromatic rings. The molecular formula is C23H30N2O4. The second kappa shape index (κ2) is 7.93. The fourth-order valence-electron chi connectivity index (χ4n) is 3.77. The summed E-state index contributed by atoms with van der Waals surface area (Å²) < 4.78 is 11.0. The first-order valence-corrected chi connectivity index (χ1v) is 9.96. The molecule has 6 nitrogen and oxygen atoms in total. The number of nitrogens with one attached hydrogen (secondary N) is 1. The quantitative estimate of drug-likeness (QED) is 0.814. The summed E-state index contributed by atoms with van der Waals surface area (Å²) in [5.41, 5.74) is 2.91. The van der Waals surface area contributed by atoms with Gasteiger partial charge in [0, 0.05) is 17.3 Å². The highest BCUT2D eigenvalue weighted by Gasteiger charge is 2.35. The molecular weight excluding hydrogens is 368 g/mol. The van der Waals surface area contributed by atoms with Crippen LogP contribution in [0.4, 0.5) is 4.79 Å². The lowest BCUT2D eigenvalue weighted by molar-refractivity contribution is 0.155. The Labute approximate surface area is 171 Å². The maximum absolute atomic E-state index is 12.6. The van der Waals surface area contributed by atoms with Crippen molar-refractivity contribution in [3.63, 3.8) is 0 Å². The molecule has 6 heteroatoms. The van der Waals surface area contributed by atoms with E-state index in [0.29, 0.717) is 18.7 Å². The van der Waals surface area contributed by atoms with Gasteiger partial charge in [0.15, 0.2) is 0 Å². The number of aromatic amines is 1. The van der Waals surface area contributed by atoms with Crippen molar-refractivity contribution < 1.29 is 14.3 Å². The van der Waals surface area contributed by atoms with Gasteiger partial charge < -0.3 is 14.5 Å². The van der Waals surface area contributed by atoms with E-state index < -0.39 is 0 Å². The SMILES string of the molecule is COc1cc(CN2C(=O)OC[C@H]2C(C)C)c(-c2ccc[nH]c2=O)cc1C(C)(C)C. The Morgan fingerprint density at radius 3 is 2.55 bits per heavy atom. The number of aromatic nitrogens is 1.